The zero-order valence-electron chi connectivity index (χ0n) is 8.51. The number of aliphatic hydroxyl groups is 1. The van der Waals surface area contributed by atoms with Crippen LogP contribution in [-0.4, -0.2) is 17.3 Å². The highest BCUT2D eigenvalue weighted by Crippen LogP contribution is 2.25. The van der Waals surface area contributed by atoms with E-state index in [9.17, 15) is 18.3 Å². The summed E-state index contributed by atoms with van der Waals surface area (Å²) in [6, 6.07) is 0.980. The van der Waals surface area contributed by atoms with Gasteiger partial charge in [-0.1, -0.05) is 0 Å². The summed E-state index contributed by atoms with van der Waals surface area (Å²) < 4.78 is 38.8. The van der Waals surface area contributed by atoms with Gasteiger partial charge >= 0.3 is 0 Å². The Kier molecular flexibility index (Phi) is 3.05. The third kappa shape index (κ3) is 2.14. The molecule has 2 nitrogen and oxygen atoms in total. The maximum absolute atomic E-state index is 13.3. The standard InChI is InChI=1S/C11H12F3NO/c12-6-4-8(14)10(5-7(6)13)15-9-2-1-3-11(9)16/h4-5,9,11,15-16H,1-3H2. The van der Waals surface area contributed by atoms with Gasteiger partial charge in [-0.3, -0.25) is 0 Å². The molecule has 16 heavy (non-hydrogen) atoms. The Morgan fingerprint density at radius 2 is 1.75 bits per heavy atom. The molecular weight excluding hydrogens is 219 g/mol. The molecule has 2 atom stereocenters. The van der Waals surface area contributed by atoms with Crippen molar-refractivity contribution in [2.45, 2.75) is 31.4 Å². The molecule has 1 aliphatic carbocycles. The summed E-state index contributed by atoms with van der Waals surface area (Å²) >= 11 is 0. The van der Waals surface area contributed by atoms with Crippen molar-refractivity contribution in [3.63, 3.8) is 0 Å². The molecule has 0 aliphatic heterocycles. The van der Waals surface area contributed by atoms with Crippen LogP contribution >= 0.6 is 0 Å². The first-order chi connectivity index (χ1) is 7.58. The number of aliphatic hydroxyl groups excluding tert-OH is 1. The highest BCUT2D eigenvalue weighted by molar-refractivity contribution is 5.46. The van der Waals surface area contributed by atoms with Crippen molar-refractivity contribution in [3.05, 3.63) is 29.6 Å². The maximum atomic E-state index is 13.3. The summed E-state index contributed by atoms with van der Waals surface area (Å²) in [5, 5.41) is 12.2. The van der Waals surface area contributed by atoms with Gasteiger partial charge in [0.15, 0.2) is 11.6 Å². The van der Waals surface area contributed by atoms with Crippen LogP contribution < -0.4 is 5.32 Å². The van der Waals surface area contributed by atoms with E-state index < -0.39 is 23.6 Å². The minimum Gasteiger partial charge on any atom is -0.391 e. The van der Waals surface area contributed by atoms with Gasteiger partial charge in [0.1, 0.15) is 5.82 Å². The summed E-state index contributed by atoms with van der Waals surface area (Å²) in [6.45, 7) is 0. The van der Waals surface area contributed by atoms with Crippen molar-refractivity contribution < 1.29 is 18.3 Å². The van der Waals surface area contributed by atoms with E-state index in [0.717, 1.165) is 12.5 Å². The fourth-order valence-electron chi connectivity index (χ4n) is 1.94. The van der Waals surface area contributed by atoms with E-state index in [1.807, 2.05) is 0 Å². The average molecular weight is 231 g/mol. The molecule has 1 aromatic carbocycles. The van der Waals surface area contributed by atoms with Crippen LogP contribution in [0.25, 0.3) is 0 Å². The molecule has 1 aliphatic rings. The van der Waals surface area contributed by atoms with E-state index in [1.165, 1.54) is 0 Å². The lowest BCUT2D eigenvalue weighted by atomic mass is 10.2. The van der Waals surface area contributed by atoms with Crippen LogP contribution in [0.5, 0.6) is 0 Å². The Morgan fingerprint density at radius 3 is 2.38 bits per heavy atom. The first-order valence-electron chi connectivity index (χ1n) is 5.17. The number of benzene rings is 1. The van der Waals surface area contributed by atoms with Crippen LogP contribution in [0, 0.1) is 17.5 Å². The molecule has 88 valence electrons. The monoisotopic (exact) mass is 231 g/mol. The number of halogens is 3. The van der Waals surface area contributed by atoms with Gasteiger partial charge in [-0.25, -0.2) is 13.2 Å². The van der Waals surface area contributed by atoms with Crippen molar-refractivity contribution in [2.24, 2.45) is 0 Å². The number of hydrogen-bond donors (Lipinski definition) is 2. The normalized spacial score (nSPS) is 24.8. The average Bonchev–Trinajstić information content (AvgIpc) is 2.61. The molecule has 1 fully saturated rings. The van der Waals surface area contributed by atoms with Crippen molar-refractivity contribution in [1.29, 1.82) is 0 Å². The van der Waals surface area contributed by atoms with Crippen LogP contribution in [0.2, 0.25) is 0 Å². The Balaban J connectivity index is 2.18. The molecule has 5 heteroatoms. The van der Waals surface area contributed by atoms with Crippen molar-refractivity contribution in [3.8, 4) is 0 Å². The second-order valence-electron chi connectivity index (χ2n) is 4.00. The molecular formula is C11H12F3NO. The molecule has 0 radical (unpaired) electrons. The molecule has 2 rings (SSSR count). The van der Waals surface area contributed by atoms with Crippen LogP contribution in [0.1, 0.15) is 19.3 Å². The molecule has 1 aromatic rings. The Morgan fingerprint density at radius 1 is 1.06 bits per heavy atom. The van der Waals surface area contributed by atoms with Gasteiger partial charge in [0.05, 0.1) is 17.8 Å². The lowest BCUT2D eigenvalue weighted by Gasteiger charge is -2.18. The highest BCUT2D eigenvalue weighted by Gasteiger charge is 2.26. The zero-order chi connectivity index (χ0) is 11.7. The van der Waals surface area contributed by atoms with Gasteiger partial charge in [-0.2, -0.15) is 0 Å². The summed E-state index contributed by atoms with van der Waals surface area (Å²) in [5.41, 5.74) is -0.107. The van der Waals surface area contributed by atoms with Crippen LogP contribution in [-0.2, 0) is 0 Å². The Bertz CT molecular complexity index is 397. The van der Waals surface area contributed by atoms with Gasteiger partial charge in [-0.05, 0) is 19.3 Å². The predicted molar refractivity (Wildman–Crippen MR) is 53.6 cm³/mol. The summed E-state index contributed by atoms with van der Waals surface area (Å²) in [6.07, 6.45) is 1.61. The lowest BCUT2D eigenvalue weighted by molar-refractivity contribution is 0.171. The second-order valence-corrected chi connectivity index (χ2v) is 4.00. The van der Waals surface area contributed by atoms with E-state index in [4.69, 9.17) is 0 Å². The molecule has 2 unspecified atom stereocenters. The SMILES string of the molecule is OC1CCCC1Nc1cc(F)c(F)cc1F. The quantitative estimate of drug-likeness (QED) is 0.766. The largest absolute Gasteiger partial charge is 0.391 e. The molecule has 0 heterocycles. The highest BCUT2D eigenvalue weighted by atomic mass is 19.2. The lowest BCUT2D eigenvalue weighted by Crippen LogP contribution is -2.28. The molecule has 1 saturated carbocycles. The van der Waals surface area contributed by atoms with Gasteiger partial charge < -0.3 is 10.4 Å². The molecule has 0 bridgehead atoms. The van der Waals surface area contributed by atoms with Gasteiger partial charge in [-0.15, -0.1) is 0 Å². The van der Waals surface area contributed by atoms with E-state index in [1.54, 1.807) is 0 Å². The number of nitrogens with one attached hydrogen (secondary N) is 1. The minimum atomic E-state index is -1.21. The minimum absolute atomic E-state index is 0.107. The van der Waals surface area contributed by atoms with Gasteiger partial charge in [0, 0.05) is 12.1 Å². The number of rotatable bonds is 2. The molecule has 0 aromatic heterocycles. The van der Waals surface area contributed by atoms with Crippen LogP contribution in [0.3, 0.4) is 0 Å². The summed E-state index contributed by atoms with van der Waals surface area (Å²) in [5.74, 6) is -3.16. The third-order valence-electron chi connectivity index (χ3n) is 2.83. The van der Waals surface area contributed by atoms with Crippen LogP contribution in [0.15, 0.2) is 12.1 Å². The Labute approximate surface area is 91.1 Å². The van der Waals surface area contributed by atoms with Gasteiger partial charge in [0.25, 0.3) is 0 Å². The molecule has 0 spiro atoms. The first-order valence-corrected chi connectivity index (χ1v) is 5.17. The topological polar surface area (TPSA) is 32.3 Å². The van der Waals surface area contributed by atoms with Crippen molar-refractivity contribution >= 4 is 5.69 Å². The Hall–Kier alpha value is -1.23. The molecule has 0 saturated heterocycles. The maximum Gasteiger partial charge on any atom is 0.161 e. The van der Waals surface area contributed by atoms with Gasteiger partial charge in [0.2, 0.25) is 0 Å². The first kappa shape index (κ1) is 11.3. The zero-order valence-corrected chi connectivity index (χ0v) is 8.51. The van der Waals surface area contributed by atoms with E-state index in [-0.39, 0.29) is 11.7 Å². The predicted octanol–water partition coefficient (Wildman–Crippen LogP) is 2.43. The number of anilines is 1. The third-order valence-corrected chi connectivity index (χ3v) is 2.83. The van der Waals surface area contributed by atoms with E-state index in [2.05, 4.69) is 5.32 Å². The molecule has 2 N–H and O–H groups in total. The van der Waals surface area contributed by atoms with E-state index in [0.29, 0.717) is 18.9 Å². The van der Waals surface area contributed by atoms with E-state index >= 15 is 0 Å². The summed E-state index contributed by atoms with van der Waals surface area (Å²) in [7, 11) is 0. The molecule has 0 amide bonds. The summed E-state index contributed by atoms with van der Waals surface area (Å²) in [4.78, 5) is 0. The fourth-order valence-corrected chi connectivity index (χ4v) is 1.94. The fraction of sp³-hybridized carbons (Fsp3) is 0.455. The number of hydrogen-bond acceptors (Lipinski definition) is 2. The van der Waals surface area contributed by atoms with Crippen LogP contribution in [0.4, 0.5) is 18.9 Å². The smallest absolute Gasteiger partial charge is 0.161 e. The van der Waals surface area contributed by atoms with Crippen molar-refractivity contribution in [2.75, 3.05) is 5.32 Å². The second kappa shape index (κ2) is 4.33. The van der Waals surface area contributed by atoms with Crippen molar-refractivity contribution in [1.82, 2.24) is 0 Å².